The molecular weight excluding hydrogens is 222 g/mol. The van der Waals surface area contributed by atoms with Gasteiger partial charge in [0.25, 0.3) is 0 Å². The molecule has 1 rings (SSSR count). The monoisotopic (exact) mass is 249 g/mol. The highest BCUT2D eigenvalue weighted by molar-refractivity contribution is 5.39. The molecule has 0 atom stereocenters. The van der Waals surface area contributed by atoms with Crippen LogP contribution in [0.15, 0.2) is 12.1 Å². The average molecular weight is 249 g/mol. The van der Waals surface area contributed by atoms with Crippen molar-refractivity contribution in [1.29, 1.82) is 0 Å². The van der Waals surface area contributed by atoms with Crippen molar-refractivity contribution < 1.29 is 0 Å². The van der Waals surface area contributed by atoms with Gasteiger partial charge in [-0.3, -0.25) is 0 Å². The molecule has 0 saturated carbocycles. The molecule has 0 spiro atoms. The van der Waals surface area contributed by atoms with Gasteiger partial charge in [-0.2, -0.15) is 0 Å². The second kappa shape index (κ2) is 7.37. The molecule has 1 heterocycles. The van der Waals surface area contributed by atoms with E-state index in [9.17, 15) is 0 Å². The van der Waals surface area contributed by atoms with E-state index in [1.165, 1.54) is 5.56 Å². The quantitative estimate of drug-likeness (QED) is 0.779. The number of hydrogen-bond donors (Lipinski definition) is 2. The highest BCUT2D eigenvalue weighted by Gasteiger charge is 2.02. The summed E-state index contributed by atoms with van der Waals surface area (Å²) in [6.07, 6.45) is 0. The molecule has 0 aliphatic carbocycles. The number of aromatic nitrogens is 1. The van der Waals surface area contributed by atoms with Crippen LogP contribution in [0.1, 0.15) is 39.0 Å². The van der Waals surface area contributed by atoms with Gasteiger partial charge >= 0.3 is 0 Å². The van der Waals surface area contributed by atoms with E-state index in [0.717, 1.165) is 31.1 Å². The lowest BCUT2D eigenvalue weighted by Gasteiger charge is -2.12. The van der Waals surface area contributed by atoms with E-state index in [-0.39, 0.29) is 0 Å². The fourth-order valence-corrected chi connectivity index (χ4v) is 1.75. The lowest BCUT2D eigenvalue weighted by atomic mass is 10.2. The Balaban J connectivity index is 2.57. The summed E-state index contributed by atoms with van der Waals surface area (Å²) in [4.78, 5) is 4.51. The highest BCUT2D eigenvalue weighted by Crippen LogP contribution is 2.11. The first-order chi connectivity index (χ1) is 8.47. The van der Waals surface area contributed by atoms with Crippen LogP contribution >= 0.6 is 0 Å². The maximum Gasteiger partial charge on any atom is 0.126 e. The molecule has 0 aliphatic heterocycles. The van der Waals surface area contributed by atoms with Gasteiger partial charge in [-0.25, -0.2) is 4.98 Å². The average Bonchev–Trinajstić information content (AvgIpc) is 2.25. The number of nitrogens with one attached hydrogen (secondary N) is 2. The van der Waals surface area contributed by atoms with E-state index in [1.807, 2.05) is 6.92 Å². The van der Waals surface area contributed by atoms with Crippen molar-refractivity contribution in [2.75, 3.05) is 18.4 Å². The molecule has 1 aromatic rings. The van der Waals surface area contributed by atoms with Gasteiger partial charge in [-0.05, 0) is 43.0 Å². The van der Waals surface area contributed by atoms with Crippen molar-refractivity contribution in [2.24, 2.45) is 11.8 Å². The van der Waals surface area contributed by atoms with Gasteiger partial charge < -0.3 is 10.6 Å². The Morgan fingerprint density at radius 2 is 1.72 bits per heavy atom. The van der Waals surface area contributed by atoms with Crippen molar-refractivity contribution in [3.8, 4) is 0 Å². The molecule has 1 aromatic heterocycles. The van der Waals surface area contributed by atoms with Gasteiger partial charge in [0.2, 0.25) is 0 Å². The molecule has 0 aromatic carbocycles. The summed E-state index contributed by atoms with van der Waals surface area (Å²) in [7, 11) is 0. The molecule has 102 valence electrons. The first kappa shape index (κ1) is 15.0. The zero-order chi connectivity index (χ0) is 13.5. The largest absolute Gasteiger partial charge is 0.370 e. The molecule has 0 bridgehead atoms. The number of nitrogens with zero attached hydrogens (tertiary/aromatic N) is 1. The third kappa shape index (κ3) is 6.01. The van der Waals surface area contributed by atoms with Crippen LogP contribution in [0.25, 0.3) is 0 Å². The molecule has 18 heavy (non-hydrogen) atoms. The maximum atomic E-state index is 4.51. The van der Waals surface area contributed by atoms with Gasteiger partial charge in [0.1, 0.15) is 5.82 Å². The van der Waals surface area contributed by atoms with E-state index in [4.69, 9.17) is 0 Å². The summed E-state index contributed by atoms with van der Waals surface area (Å²) >= 11 is 0. The summed E-state index contributed by atoms with van der Waals surface area (Å²) in [5, 5.41) is 6.85. The second-order valence-electron chi connectivity index (χ2n) is 5.80. The first-order valence-electron chi connectivity index (χ1n) is 6.89. The van der Waals surface area contributed by atoms with Gasteiger partial charge in [-0.15, -0.1) is 0 Å². The minimum Gasteiger partial charge on any atom is -0.370 e. The molecular formula is C15H27N3. The minimum atomic E-state index is 0.634. The summed E-state index contributed by atoms with van der Waals surface area (Å²) in [6, 6.07) is 4.29. The summed E-state index contributed by atoms with van der Waals surface area (Å²) in [6.45, 7) is 13.8. The fourth-order valence-electron chi connectivity index (χ4n) is 1.75. The molecule has 0 saturated heterocycles. The zero-order valence-corrected chi connectivity index (χ0v) is 12.4. The second-order valence-corrected chi connectivity index (χ2v) is 5.80. The summed E-state index contributed by atoms with van der Waals surface area (Å²) in [5.41, 5.74) is 2.37. The van der Waals surface area contributed by atoms with E-state index in [2.05, 4.69) is 55.4 Å². The molecule has 0 aliphatic rings. The summed E-state index contributed by atoms with van der Waals surface area (Å²) < 4.78 is 0. The van der Waals surface area contributed by atoms with E-state index >= 15 is 0 Å². The van der Waals surface area contributed by atoms with Crippen LogP contribution in [0.2, 0.25) is 0 Å². The maximum absolute atomic E-state index is 4.51. The fraction of sp³-hybridized carbons (Fsp3) is 0.667. The molecule has 0 amide bonds. The lowest BCUT2D eigenvalue weighted by molar-refractivity contribution is 0.552. The summed E-state index contributed by atoms with van der Waals surface area (Å²) in [5.74, 6) is 2.31. The van der Waals surface area contributed by atoms with Crippen LogP contribution in [0.3, 0.4) is 0 Å². The van der Waals surface area contributed by atoms with Gasteiger partial charge in [0.15, 0.2) is 0 Å². The standard InChI is InChI=1S/C15H27N3/c1-11(2)8-16-10-14-6-13(5)18-15(7-14)17-9-12(3)4/h6-7,11-12,16H,8-10H2,1-5H3,(H,17,18). The molecule has 2 N–H and O–H groups in total. The Bertz CT molecular complexity index is 359. The van der Waals surface area contributed by atoms with Gasteiger partial charge in [-0.1, -0.05) is 27.7 Å². The Morgan fingerprint density at radius 1 is 1.06 bits per heavy atom. The first-order valence-corrected chi connectivity index (χ1v) is 6.89. The third-order valence-corrected chi connectivity index (χ3v) is 2.59. The number of aryl methyl sites for hydroxylation is 1. The van der Waals surface area contributed by atoms with Crippen LogP contribution in [0.5, 0.6) is 0 Å². The predicted octanol–water partition coefficient (Wildman–Crippen LogP) is 3.20. The zero-order valence-electron chi connectivity index (χ0n) is 12.4. The molecule has 3 heteroatoms. The van der Waals surface area contributed by atoms with Gasteiger partial charge in [0.05, 0.1) is 0 Å². The van der Waals surface area contributed by atoms with Crippen molar-refractivity contribution in [3.63, 3.8) is 0 Å². The van der Waals surface area contributed by atoms with Crippen molar-refractivity contribution in [2.45, 2.75) is 41.2 Å². The van der Waals surface area contributed by atoms with E-state index < -0.39 is 0 Å². The minimum absolute atomic E-state index is 0.634. The highest BCUT2D eigenvalue weighted by atomic mass is 15.0. The Labute approximate surface area is 111 Å². The molecule has 0 fully saturated rings. The van der Waals surface area contributed by atoms with Crippen molar-refractivity contribution >= 4 is 5.82 Å². The Morgan fingerprint density at radius 3 is 2.33 bits per heavy atom. The predicted molar refractivity (Wildman–Crippen MR) is 78.8 cm³/mol. The Kier molecular flexibility index (Phi) is 6.13. The van der Waals surface area contributed by atoms with Crippen LogP contribution in [-0.4, -0.2) is 18.1 Å². The van der Waals surface area contributed by atoms with Crippen LogP contribution in [0, 0.1) is 18.8 Å². The van der Waals surface area contributed by atoms with Gasteiger partial charge in [0, 0.05) is 18.8 Å². The van der Waals surface area contributed by atoms with Crippen LogP contribution in [0.4, 0.5) is 5.82 Å². The SMILES string of the molecule is Cc1cc(CNCC(C)C)cc(NCC(C)C)n1. The molecule has 0 unspecified atom stereocenters. The van der Waals surface area contributed by atoms with Crippen LogP contribution < -0.4 is 10.6 Å². The molecule has 0 radical (unpaired) electrons. The number of anilines is 1. The normalized spacial score (nSPS) is 11.3. The van der Waals surface area contributed by atoms with E-state index in [0.29, 0.717) is 11.8 Å². The van der Waals surface area contributed by atoms with Crippen molar-refractivity contribution in [3.05, 3.63) is 23.4 Å². The smallest absolute Gasteiger partial charge is 0.126 e. The third-order valence-electron chi connectivity index (χ3n) is 2.59. The van der Waals surface area contributed by atoms with E-state index in [1.54, 1.807) is 0 Å². The number of hydrogen-bond acceptors (Lipinski definition) is 3. The topological polar surface area (TPSA) is 37.0 Å². The number of pyridine rings is 1. The lowest BCUT2D eigenvalue weighted by Crippen LogP contribution is -2.19. The Hall–Kier alpha value is -1.09. The number of rotatable bonds is 7. The van der Waals surface area contributed by atoms with Crippen LogP contribution in [-0.2, 0) is 6.54 Å². The molecule has 3 nitrogen and oxygen atoms in total. The van der Waals surface area contributed by atoms with Crippen molar-refractivity contribution in [1.82, 2.24) is 10.3 Å².